The standard InChI is InChI=1S/C14H21Cl2NO/c1-5-14(2,18-4)13(17-3)9-10-11(15)7-6-8-12(10)16/h6-8,13,17H,5,9H2,1-4H3. The van der Waals surface area contributed by atoms with E-state index in [4.69, 9.17) is 27.9 Å². The summed E-state index contributed by atoms with van der Waals surface area (Å²) < 4.78 is 5.64. The van der Waals surface area contributed by atoms with Crippen LogP contribution in [0, 0.1) is 0 Å². The number of rotatable bonds is 6. The summed E-state index contributed by atoms with van der Waals surface area (Å²) in [6.07, 6.45) is 1.66. The van der Waals surface area contributed by atoms with Gasteiger partial charge in [0, 0.05) is 23.2 Å². The maximum Gasteiger partial charge on any atom is 0.0803 e. The van der Waals surface area contributed by atoms with Crippen LogP contribution in [-0.2, 0) is 11.2 Å². The predicted octanol–water partition coefficient (Wildman–Crippen LogP) is 3.94. The number of hydrogen-bond acceptors (Lipinski definition) is 2. The number of halogens is 2. The van der Waals surface area contributed by atoms with Crippen LogP contribution in [0.5, 0.6) is 0 Å². The summed E-state index contributed by atoms with van der Waals surface area (Å²) in [7, 11) is 3.67. The van der Waals surface area contributed by atoms with Gasteiger partial charge in [-0.3, -0.25) is 0 Å². The van der Waals surface area contributed by atoms with Gasteiger partial charge in [-0.05, 0) is 44.5 Å². The highest BCUT2D eigenvalue weighted by Gasteiger charge is 2.32. The lowest BCUT2D eigenvalue weighted by molar-refractivity contribution is -0.0268. The first-order chi connectivity index (χ1) is 8.48. The molecule has 1 aromatic carbocycles. The summed E-state index contributed by atoms with van der Waals surface area (Å²) in [4.78, 5) is 0. The minimum absolute atomic E-state index is 0.157. The van der Waals surface area contributed by atoms with E-state index in [0.717, 1.165) is 18.4 Å². The quantitative estimate of drug-likeness (QED) is 0.857. The van der Waals surface area contributed by atoms with Crippen LogP contribution in [0.15, 0.2) is 18.2 Å². The molecular formula is C14H21Cl2NO. The fraction of sp³-hybridized carbons (Fsp3) is 0.571. The van der Waals surface area contributed by atoms with Crippen molar-refractivity contribution in [2.75, 3.05) is 14.2 Å². The van der Waals surface area contributed by atoms with Gasteiger partial charge in [0.1, 0.15) is 0 Å². The van der Waals surface area contributed by atoms with Gasteiger partial charge in [-0.1, -0.05) is 36.2 Å². The molecule has 0 aliphatic heterocycles. The Kier molecular flexibility index (Phi) is 5.93. The van der Waals surface area contributed by atoms with Gasteiger partial charge in [0.2, 0.25) is 0 Å². The van der Waals surface area contributed by atoms with E-state index in [1.807, 2.05) is 25.2 Å². The molecule has 2 atom stereocenters. The molecule has 0 aliphatic rings. The van der Waals surface area contributed by atoms with Crippen molar-refractivity contribution >= 4 is 23.2 Å². The fourth-order valence-corrected chi connectivity index (χ4v) is 2.64. The lowest BCUT2D eigenvalue weighted by Gasteiger charge is -2.36. The largest absolute Gasteiger partial charge is 0.377 e. The van der Waals surface area contributed by atoms with Gasteiger partial charge < -0.3 is 10.1 Å². The highest BCUT2D eigenvalue weighted by Crippen LogP contribution is 2.29. The SMILES string of the molecule is CCC(C)(OC)C(Cc1c(Cl)cccc1Cl)NC. The molecule has 1 rings (SSSR count). The summed E-state index contributed by atoms with van der Waals surface area (Å²) in [5.41, 5.74) is 0.731. The van der Waals surface area contributed by atoms with Gasteiger partial charge >= 0.3 is 0 Å². The van der Waals surface area contributed by atoms with Crippen LogP contribution in [0.2, 0.25) is 10.0 Å². The molecule has 0 radical (unpaired) electrons. The van der Waals surface area contributed by atoms with Gasteiger partial charge in [-0.2, -0.15) is 0 Å². The maximum absolute atomic E-state index is 6.21. The second-order valence-electron chi connectivity index (χ2n) is 4.62. The third-order valence-electron chi connectivity index (χ3n) is 3.72. The predicted molar refractivity (Wildman–Crippen MR) is 78.7 cm³/mol. The lowest BCUT2D eigenvalue weighted by atomic mass is 9.88. The molecule has 0 saturated heterocycles. The first-order valence-electron chi connectivity index (χ1n) is 6.13. The molecule has 0 bridgehead atoms. The van der Waals surface area contributed by atoms with Crippen molar-refractivity contribution in [3.05, 3.63) is 33.8 Å². The smallest absolute Gasteiger partial charge is 0.0803 e. The van der Waals surface area contributed by atoms with Crippen molar-refractivity contribution in [2.45, 2.75) is 38.3 Å². The van der Waals surface area contributed by atoms with Crippen LogP contribution in [-0.4, -0.2) is 25.8 Å². The summed E-state index contributed by atoms with van der Waals surface area (Å²) in [6.45, 7) is 4.21. The first kappa shape index (κ1) is 15.8. The minimum Gasteiger partial charge on any atom is -0.377 e. The number of hydrogen-bond donors (Lipinski definition) is 1. The van der Waals surface area contributed by atoms with Crippen LogP contribution in [0.4, 0.5) is 0 Å². The van der Waals surface area contributed by atoms with Gasteiger partial charge in [0.15, 0.2) is 0 Å². The van der Waals surface area contributed by atoms with Crippen LogP contribution in [0.3, 0.4) is 0 Å². The van der Waals surface area contributed by atoms with E-state index in [9.17, 15) is 0 Å². The molecule has 2 nitrogen and oxygen atoms in total. The van der Waals surface area contributed by atoms with Crippen molar-refractivity contribution in [3.63, 3.8) is 0 Å². The molecule has 0 spiro atoms. The van der Waals surface area contributed by atoms with E-state index in [1.54, 1.807) is 7.11 Å². The van der Waals surface area contributed by atoms with Crippen LogP contribution in [0.1, 0.15) is 25.8 Å². The molecule has 1 aromatic rings. The van der Waals surface area contributed by atoms with Crippen molar-refractivity contribution in [2.24, 2.45) is 0 Å². The Morgan fingerprint density at radius 3 is 2.28 bits per heavy atom. The zero-order valence-corrected chi connectivity index (χ0v) is 12.9. The first-order valence-corrected chi connectivity index (χ1v) is 6.89. The van der Waals surface area contributed by atoms with Crippen molar-refractivity contribution in [1.82, 2.24) is 5.32 Å². The molecule has 2 unspecified atom stereocenters. The molecule has 0 amide bonds. The Balaban J connectivity index is 3.00. The van der Waals surface area contributed by atoms with Crippen LogP contribution < -0.4 is 5.32 Å². The normalized spacial score (nSPS) is 16.3. The van der Waals surface area contributed by atoms with Crippen LogP contribution >= 0.6 is 23.2 Å². The van der Waals surface area contributed by atoms with Gasteiger partial charge in [-0.15, -0.1) is 0 Å². The van der Waals surface area contributed by atoms with Gasteiger partial charge in [0.25, 0.3) is 0 Å². The number of nitrogens with one attached hydrogen (secondary N) is 1. The average molecular weight is 290 g/mol. The van der Waals surface area contributed by atoms with Crippen molar-refractivity contribution in [1.29, 1.82) is 0 Å². The lowest BCUT2D eigenvalue weighted by Crippen LogP contribution is -2.49. The monoisotopic (exact) mass is 289 g/mol. The molecule has 18 heavy (non-hydrogen) atoms. The minimum atomic E-state index is -0.239. The number of ether oxygens (including phenoxy) is 1. The van der Waals surface area contributed by atoms with E-state index in [1.165, 1.54) is 0 Å². The molecule has 0 fully saturated rings. The van der Waals surface area contributed by atoms with E-state index in [2.05, 4.69) is 19.2 Å². The Labute approximate surface area is 120 Å². The van der Waals surface area contributed by atoms with Gasteiger partial charge in [-0.25, -0.2) is 0 Å². The maximum atomic E-state index is 6.21. The van der Waals surface area contributed by atoms with E-state index in [-0.39, 0.29) is 11.6 Å². The van der Waals surface area contributed by atoms with E-state index >= 15 is 0 Å². The van der Waals surface area contributed by atoms with Gasteiger partial charge in [0.05, 0.1) is 5.60 Å². The van der Waals surface area contributed by atoms with E-state index < -0.39 is 0 Å². The molecule has 0 heterocycles. The highest BCUT2D eigenvalue weighted by atomic mass is 35.5. The summed E-state index contributed by atoms with van der Waals surface area (Å²) in [5, 5.41) is 4.72. The second kappa shape index (κ2) is 6.76. The Hall–Kier alpha value is -0.280. The number of methoxy groups -OCH3 is 1. The van der Waals surface area contributed by atoms with Crippen molar-refractivity contribution < 1.29 is 4.74 Å². The van der Waals surface area contributed by atoms with Crippen molar-refractivity contribution in [3.8, 4) is 0 Å². The Morgan fingerprint density at radius 1 is 1.33 bits per heavy atom. The molecule has 1 N–H and O–H groups in total. The summed E-state index contributed by atoms with van der Waals surface area (Å²) >= 11 is 12.4. The Bertz CT molecular complexity index is 371. The number of likely N-dealkylation sites (N-methyl/N-ethyl adjacent to an activating group) is 1. The highest BCUT2D eigenvalue weighted by molar-refractivity contribution is 6.36. The molecule has 0 aliphatic carbocycles. The summed E-state index contributed by atoms with van der Waals surface area (Å²) in [5.74, 6) is 0. The molecule has 4 heteroatoms. The summed E-state index contributed by atoms with van der Waals surface area (Å²) in [6, 6.07) is 5.75. The zero-order valence-electron chi connectivity index (χ0n) is 11.4. The molecular weight excluding hydrogens is 269 g/mol. The molecule has 0 saturated carbocycles. The average Bonchev–Trinajstić information content (AvgIpc) is 2.37. The molecule has 102 valence electrons. The van der Waals surface area contributed by atoms with E-state index in [0.29, 0.717) is 10.0 Å². The topological polar surface area (TPSA) is 21.3 Å². The number of benzene rings is 1. The van der Waals surface area contributed by atoms with Crippen LogP contribution in [0.25, 0.3) is 0 Å². The Morgan fingerprint density at radius 2 is 1.89 bits per heavy atom. The third kappa shape index (κ3) is 3.39. The molecule has 0 aromatic heterocycles. The zero-order chi connectivity index (χ0) is 13.8. The third-order valence-corrected chi connectivity index (χ3v) is 4.43. The fourth-order valence-electron chi connectivity index (χ4n) is 2.09. The second-order valence-corrected chi connectivity index (χ2v) is 5.43.